The zero-order valence-corrected chi connectivity index (χ0v) is 12.4. The Hall–Kier alpha value is -0.970. The second-order valence-electron chi connectivity index (χ2n) is 4.65. The Balaban J connectivity index is 2.15. The Morgan fingerprint density at radius 3 is 2.79 bits per heavy atom. The van der Waals surface area contributed by atoms with Crippen LogP contribution in [0, 0.1) is 0 Å². The van der Waals surface area contributed by atoms with Crippen LogP contribution in [0.2, 0.25) is 10.0 Å². The van der Waals surface area contributed by atoms with Gasteiger partial charge in [0.1, 0.15) is 6.10 Å². The Morgan fingerprint density at radius 1 is 1.42 bits per heavy atom. The predicted octanol–water partition coefficient (Wildman–Crippen LogP) is 3.05. The summed E-state index contributed by atoms with van der Waals surface area (Å²) < 4.78 is 5.70. The third-order valence-corrected chi connectivity index (χ3v) is 3.59. The number of urea groups is 1. The average Bonchev–Trinajstić information content (AvgIpc) is 2.38. The van der Waals surface area contributed by atoms with Gasteiger partial charge in [-0.3, -0.25) is 0 Å². The molecule has 6 heteroatoms. The number of morpholine rings is 1. The van der Waals surface area contributed by atoms with Crippen LogP contribution >= 0.6 is 23.2 Å². The summed E-state index contributed by atoms with van der Waals surface area (Å²) in [6.45, 7) is 1.60. The Kier molecular flexibility index (Phi) is 4.55. The van der Waals surface area contributed by atoms with Gasteiger partial charge < -0.3 is 14.5 Å². The van der Waals surface area contributed by atoms with Crippen molar-refractivity contribution in [1.29, 1.82) is 0 Å². The normalized spacial score (nSPS) is 19.4. The van der Waals surface area contributed by atoms with Gasteiger partial charge in [0.25, 0.3) is 0 Å². The van der Waals surface area contributed by atoms with Gasteiger partial charge in [-0.1, -0.05) is 29.3 Å². The van der Waals surface area contributed by atoms with Crippen LogP contribution in [0.15, 0.2) is 18.2 Å². The molecule has 0 aliphatic carbocycles. The first kappa shape index (κ1) is 14.4. The van der Waals surface area contributed by atoms with Crippen molar-refractivity contribution in [3.8, 4) is 0 Å². The van der Waals surface area contributed by atoms with Crippen LogP contribution in [0.5, 0.6) is 0 Å². The first-order valence-electron chi connectivity index (χ1n) is 6.02. The molecule has 104 valence electrons. The quantitative estimate of drug-likeness (QED) is 0.799. The number of hydrogen-bond donors (Lipinski definition) is 0. The van der Waals surface area contributed by atoms with Crippen LogP contribution in [-0.4, -0.2) is 49.6 Å². The van der Waals surface area contributed by atoms with E-state index >= 15 is 0 Å². The van der Waals surface area contributed by atoms with E-state index in [2.05, 4.69) is 0 Å². The van der Waals surface area contributed by atoms with E-state index in [1.807, 2.05) is 6.07 Å². The summed E-state index contributed by atoms with van der Waals surface area (Å²) in [6, 6.07) is 5.30. The molecule has 1 saturated heterocycles. The molecule has 0 radical (unpaired) electrons. The molecule has 19 heavy (non-hydrogen) atoms. The van der Waals surface area contributed by atoms with Gasteiger partial charge in [-0.15, -0.1) is 0 Å². The third-order valence-electron chi connectivity index (χ3n) is 3.03. The summed E-state index contributed by atoms with van der Waals surface area (Å²) >= 11 is 12.1. The number of amides is 2. The van der Waals surface area contributed by atoms with Crippen LogP contribution in [0.3, 0.4) is 0 Å². The van der Waals surface area contributed by atoms with Crippen molar-refractivity contribution in [3.63, 3.8) is 0 Å². The highest BCUT2D eigenvalue weighted by atomic mass is 35.5. The zero-order chi connectivity index (χ0) is 14.0. The molecule has 1 heterocycles. The number of benzene rings is 1. The van der Waals surface area contributed by atoms with E-state index in [0.717, 1.165) is 5.56 Å². The number of hydrogen-bond acceptors (Lipinski definition) is 2. The first-order valence-corrected chi connectivity index (χ1v) is 6.77. The van der Waals surface area contributed by atoms with E-state index in [4.69, 9.17) is 27.9 Å². The predicted molar refractivity (Wildman–Crippen MR) is 75.8 cm³/mol. The first-order chi connectivity index (χ1) is 8.99. The maximum Gasteiger partial charge on any atom is 0.319 e. The molecule has 0 bridgehead atoms. The molecule has 1 aromatic rings. The molecule has 1 aromatic carbocycles. The maximum absolute atomic E-state index is 12.0. The molecule has 0 aromatic heterocycles. The Morgan fingerprint density at radius 2 is 2.16 bits per heavy atom. The highest BCUT2D eigenvalue weighted by Crippen LogP contribution is 2.30. The number of ether oxygens (including phenoxy) is 1. The van der Waals surface area contributed by atoms with Crippen molar-refractivity contribution in [3.05, 3.63) is 33.8 Å². The van der Waals surface area contributed by atoms with E-state index in [9.17, 15) is 4.79 Å². The fourth-order valence-corrected chi connectivity index (χ4v) is 2.59. The minimum Gasteiger partial charge on any atom is -0.370 e. The summed E-state index contributed by atoms with van der Waals surface area (Å²) in [5.74, 6) is 0. The fourth-order valence-electron chi connectivity index (χ4n) is 2.06. The summed E-state index contributed by atoms with van der Waals surface area (Å²) in [4.78, 5) is 15.3. The van der Waals surface area contributed by atoms with Crippen molar-refractivity contribution in [1.82, 2.24) is 9.80 Å². The summed E-state index contributed by atoms with van der Waals surface area (Å²) in [5.41, 5.74) is 0.863. The van der Waals surface area contributed by atoms with Crippen LogP contribution in [0.25, 0.3) is 0 Å². The molecule has 2 amide bonds. The van der Waals surface area contributed by atoms with Crippen molar-refractivity contribution in [2.24, 2.45) is 0 Å². The van der Waals surface area contributed by atoms with Crippen molar-refractivity contribution in [2.45, 2.75) is 6.10 Å². The summed E-state index contributed by atoms with van der Waals surface area (Å²) in [5, 5.41) is 1.16. The second kappa shape index (κ2) is 5.99. The molecule has 1 unspecified atom stereocenters. The van der Waals surface area contributed by atoms with E-state index in [1.54, 1.807) is 36.0 Å². The fraction of sp³-hybridized carbons (Fsp3) is 0.462. The van der Waals surface area contributed by atoms with Gasteiger partial charge in [0.15, 0.2) is 0 Å². The second-order valence-corrected chi connectivity index (χ2v) is 5.49. The number of carbonyl (C=O) groups is 1. The summed E-state index contributed by atoms with van der Waals surface area (Å²) in [7, 11) is 3.48. The van der Waals surface area contributed by atoms with Crippen molar-refractivity contribution >= 4 is 29.2 Å². The minimum atomic E-state index is -0.206. The van der Waals surface area contributed by atoms with E-state index in [-0.39, 0.29) is 12.1 Å². The summed E-state index contributed by atoms with van der Waals surface area (Å²) in [6.07, 6.45) is -0.206. The lowest BCUT2D eigenvalue weighted by atomic mass is 10.1. The number of carbonyl (C=O) groups excluding carboxylic acids is 1. The topological polar surface area (TPSA) is 32.8 Å². The maximum atomic E-state index is 12.0. The van der Waals surface area contributed by atoms with Gasteiger partial charge in [0, 0.05) is 36.2 Å². The molecular formula is C13H16Cl2N2O2. The highest BCUT2D eigenvalue weighted by molar-refractivity contribution is 6.35. The molecule has 0 N–H and O–H groups in total. The van der Waals surface area contributed by atoms with E-state index < -0.39 is 0 Å². The lowest BCUT2D eigenvalue weighted by Crippen LogP contribution is -2.46. The number of halogens is 2. The SMILES string of the molecule is CN(C)C(=O)N1CCOC(c2ccc(Cl)cc2Cl)C1. The van der Waals surface area contributed by atoms with Crippen LogP contribution < -0.4 is 0 Å². The van der Waals surface area contributed by atoms with E-state index in [1.165, 1.54) is 0 Å². The van der Waals surface area contributed by atoms with Crippen molar-refractivity contribution in [2.75, 3.05) is 33.8 Å². The molecule has 0 saturated carbocycles. The smallest absolute Gasteiger partial charge is 0.319 e. The Labute approximate surface area is 122 Å². The zero-order valence-electron chi connectivity index (χ0n) is 10.9. The van der Waals surface area contributed by atoms with Gasteiger partial charge in [0.05, 0.1) is 13.2 Å². The standard InChI is InChI=1S/C13H16Cl2N2O2/c1-16(2)13(18)17-5-6-19-12(8-17)10-4-3-9(14)7-11(10)15/h3-4,7,12H,5-6,8H2,1-2H3. The van der Waals surface area contributed by atoms with Gasteiger partial charge in [-0.25, -0.2) is 4.79 Å². The molecule has 1 aliphatic heterocycles. The lowest BCUT2D eigenvalue weighted by molar-refractivity contribution is -0.0188. The largest absolute Gasteiger partial charge is 0.370 e. The highest BCUT2D eigenvalue weighted by Gasteiger charge is 2.27. The van der Waals surface area contributed by atoms with Gasteiger partial charge in [-0.2, -0.15) is 0 Å². The molecular weight excluding hydrogens is 287 g/mol. The molecule has 2 rings (SSSR count). The van der Waals surface area contributed by atoms with Gasteiger partial charge >= 0.3 is 6.03 Å². The lowest BCUT2D eigenvalue weighted by Gasteiger charge is -2.35. The van der Waals surface area contributed by atoms with Crippen LogP contribution in [0.1, 0.15) is 11.7 Å². The Bertz CT molecular complexity index is 480. The van der Waals surface area contributed by atoms with Gasteiger partial charge in [0.2, 0.25) is 0 Å². The minimum absolute atomic E-state index is 0.0154. The van der Waals surface area contributed by atoms with Crippen molar-refractivity contribution < 1.29 is 9.53 Å². The number of rotatable bonds is 1. The number of nitrogens with zero attached hydrogens (tertiary/aromatic N) is 2. The van der Waals surface area contributed by atoms with Crippen LogP contribution in [0.4, 0.5) is 4.79 Å². The molecule has 4 nitrogen and oxygen atoms in total. The third kappa shape index (κ3) is 3.32. The molecule has 0 spiro atoms. The van der Waals surface area contributed by atoms with Crippen LogP contribution in [-0.2, 0) is 4.74 Å². The van der Waals surface area contributed by atoms with Gasteiger partial charge in [-0.05, 0) is 12.1 Å². The monoisotopic (exact) mass is 302 g/mol. The molecule has 1 atom stereocenters. The molecule has 1 aliphatic rings. The average molecular weight is 303 g/mol. The molecule has 1 fully saturated rings. The van der Waals surface area contributed by atoms with E-state index in [0.29, 0.717) is 29.7 Å².